The smallest absolute Gasteiger partial charge is 0.228 e. The van der Waals surface area contributed by atoms with Gasteiger partial charge in [-0.05, 0) is 48.5 Å². The zero-order valence-corrected chi connectivity index (χ0v) is 16.3. The minimum Gasteiger partial charge on any atom is -0.428 e. The van der Waals surface area contributed by atoms with E-state index in [-0.39, 0.29) is 26.2 Å². The first-order chi connectivity index (χ1) is 12.3. The summed E-state index contributed by atoms with van der Waals surface area (Å²) in [6.07, 6.45) is 0. The maximum atomic E-state index is 13.1. The van der Waals surface area contributed by atoms with Gasteiger partial charge >= 0.3 is 0 Å². The van der Waals surface area contributed by atoms with E-state index in [1.807, 2.05) is 13.8 Å². The molecule has 0 unspecified atom stereocenters. The third-order valence-electron chi connectivity index (χ3n) is 3.38. The number of oxazole rings is 1. The average Bonchev–Trinajstić information content (AvgIpc) is 3.00. The lowest BCUT2D eigenvalue weighted by Gasteiger charge is -2.05. The third-order valence-corrected chi connectivity index (χ3v) is 6.40. The summed E-state index contributed by atoms with van der Waals surface area (Å²) >= 11 is 7.10. The van der Waals surface area contributed by atoms with E-state index in [1.54, 1.807) is 0 Å². The van der Waals surface area contributed by atoms with Crippen LogP contribution in [0, 0.1) is 5.82 Å². The normalized spacial score (nSPS) is 11.9. The summed E-state index contributed by atoms with van der Waals surface area (Å²) in [6.45, 7) is 3.84. The molecule has 1 aromatic heterocycles. The molecular formula is C18H15ClFNO3S2. The lowest BCUT2D eigenvalue weighted by Crippen LogP contribution is -2.04. The van der Waals surface area contributed by atoms with Crippen molar-refractivity contribution >= 4 is 33.2 Å². The van der Waals surface area contributed by atoms with E-state index in [9.17, 15) is 12.8 Å². The van der Waals surface area contributed by atoms with Crippen molar-refractivity contribution in [3.8, 4) is 11.5 Å². The second kappa shape index (κ2) is 7.42. The van der Waals surface area contributed by atoms with E-state index in [0.29, 0.717) is 10.6 Å². The molecule has 0 saturated heterocycles. The molecular weight excluding hydrogens is 397 g/mol. The molecule has 2 aromatic carbocycles. The van der Waals surface area contributed by atoms with E-state index >= 15 is 0 Å². The number of hydrogen-bond acceptors (Lipinski definition) is 5. The topological polar surface area (TPSA) is 60.2 Å². The Morgan fingerprint density at radius 2 is 1.69 bits per heavy atom. The fourth-order valence-corrected chi connectivity index (χ4v) is 4.67. The monoisotopic (exact) mass is 411 g/mol. The first-order valence-electron chi connectivity index (χ1n) is 7.71. The molecule has 0 aliphatic carbocycles. The van der Waals surface area contributed by atoms with E-state index in [4.69, 9.17) is 16.0 Å². The lowest BCUT2D eigenvalue weighted by atomic mass is 10.2. The second-order valence-electron chi connectivity index (χ2n) is 5.74. The number of benzene rings is 2. The molecule has 0 fully saturated rings. The molecule has 26 heavy (non-hydrogen) atoms. The Morgan fingerprint density at radius 1 is 1.08 bits per heavy atom. The van der Waals surface area contributed by atoms with Gasteiger partial charge in [0.25, 0.3) is 0 Å². The summed E-state index contributed by atoms with van der Waals surface area (Å²) in [7, 11) is -3.89. The van der Waals surface area contributed by atoms with Crippen LogP contribution in [-0.4, -0.2) is 18.7 Å². The number of hydrogen-bond donors (Lipinski definition) is 0. The molecule has 3 rings (SSSR count). The van der Waals surface area contributed by atoms with Crippen LogP contribution in [0.25, 0.3) is 11.5 Å². The van der Waals surface area contributed by atoms with E-state index < -0.39 is 15.7 Å². The Bertz CT molecular complexity index is 1010. The molecule has 3 aromatic rings. The van der Waals surface area contributed by atoms with Crippen LogP contribution in [0.15, 0.2) is 68.0 Å². The van der Waals surface area contributed by atoms with Crippen molar-refractivity contribution in [2.45, 2.75) is 34.1 Å². The van der Waals surface area contributed by atoms with E-state index in [1.165, 1.54) is 60.3 Å². The fraction of sp³-hybridized carbons (Fsp3) is 0.167. The predicted molar refractivity (Wildman–Crippen MR) is 99.8 cm³/mol. The minimum atomic E-state index is -3.89. The molecule has 0 aliphatic heterocycles. The maximum Gasteiger partial charge on any atom is 0.228 e. The summed E-state index contributed by atoms with van der Waals surface area (Å²) < 4.78 is 44.9. The summed E-state index contributed by atoms with van der Waals surface area (Å²) in [5, 5.41) is 0.572. The van der Waals surface area contributed by atoms with Crippen LogP contribution >= 0.6 is 23.4 Å². The summed E-state index contributed by atoms with van der Waals surface area (Å²) in [4.78, 5) is 4.28. The number of aromatic nitrogens is 1. The van der Waals surface area contributed by atoms with Crippen LogP contribution in [-0.2, 0) is 9.84 Å². The number of thioether (sulfide) groups is 1. The third kappa shape index (κ3) is 3.95. The second-order valence-corrected chi connectivity index (χ2v) is 9.59. The summed E-state index contributed by atoms with van der Waals surface area (Å²) in [5.74, 6) is -0.271. The van der Waals surface area contributed by atoms with Gasteiger partial charge in [0, 0.05) is 15.8 Å². The highest BCUT2D eigenvalue weighted by Crippen LogP contribution is 2.36. The molecule has 0 aliphatic rings. The van der Waals surface area contributed by atoms with Crippen molar-refractivity contribution in [1.82, 2.24) is 4.98 Å². The van der Waals surface area contributed by atoms with Gasteiger partial charge in [-0.25, -0.2) is 12.8 Å². The quantitative estimate of drug-likeness (QED) is 0.521. The SMILES string of the molecule is CC(C)Sc1oc(-c2ccc(F)cc2)nc1S(=O)(=O)c1ccc(Cl)cc1. The van der Waals surface area contributed by atoms with Gasteiger partial charge < -0.3 is 4.42 Å². The molecule has 4 nitrogen and oxygen atoms in total. The first-order valence-corrected chi connectivity index (χ1v) is 10.5. The highest BCUT2D eigenvalue weighted by atomic mass is 35.5. The highest BCUT2D eigenvalue weighted by Gasteiger charge is 2.29. The van der Waals surface area contributed by atoms with Crippen LogP contribution in [0.1, 0.15) is 13.8 Å². The predicted octanol–water partition coefficient (Wildman–Crippen LogP) is 5.47. The number of nitrogens with zero attached hydrogens (tertiary/aromatic N) is 1. The van der Waals surface area contributed by atoms with Crippen LogP contribution in [0.4, 0.5) is 4.39 Å². The highest BCUT2D eigenvalue weighted by molar-refractivity contribution is 8.00. The minimum absolute atomic E-state index is 0.0754. The number of sulfone groups is 1. The van der Waals surface area contributed by atoms with Gasteiger partial charge in [-0.3, -0.25) is 0 Å². The summed E-state index contributed by atoms with van der Waals surface area (Å²) in [6, 6.07) is 11.4. The molecule has 0 bridgehead atoms. The van der Waals surface area contributed by atoms with Crippen LogP contribution in [0.2, 0.25) is 5.02 Å². The van der Waals surface area contributed by atoms with Gasteiger partial charge in [0.15, 0.2) is 0 Å². The molecule has 1 heterocycles. The molecule has 8 heteroatoms. The molecule has 0 spiro atoms. The largest absolute Gasteiger partial charge is 0.428 e. The molecule has 0 N–H and O–H groups in total. The van der Waals surface area contributed by atoms with Gasteiger partial charge in [0.2, 0.25) is 25.8 Å². The fourth-order valence-electron chi connectivity index (χ4n) is 2.19. The average molecular weight is 412 g/mol. The Labute approximate surface area is 160 Å². The van der Waals surface area contributed by atoms with Crippen molar-refractivity contribution in [1.29, 1.82) is 0 Å². The Morgan fingerprint density at radius 3 is 2.27 bits per heavy atom. The van der Waals surface area contributed by atoms with Gasteiger partial charge in [-0.2, -0.15) is 4.98 Å². The van der Waals surface area contributed by atoms with Gasteiger partial charge in [0.1, 0.15) is 5.82 Å². The Hall–Kier alpha value is -1.83. The number of rotatable bonds is 5. The maximum absolute atomic E-state index is 13.1. The number of halogens is 2. The van der Waals surface area contributed by atoms with Gasteiger partial charge in [0.05, 0.1) is 4.90 Å². The van der Waals surface area contributed by atoms with Crippen molar-refractivity contribution in [3.63, 3.8) is 0 Å². The lowest BCUT2D eigenvalue weighted by molar-refractivity contribution is 0.469. The molecule has 0 saturated carbocycles. The molecule has 0 amide bonds. The van der Waals surface area contributed by atoms with Crippen molar-refractivity contribution < 1.29 is 17.2 Å². The zero-order chi connectivity index (χ0) is 18.9. The van der Waals surface area contributed by atoms with Crippen molar-refractivity contribution in [2.75, 3.05) is 0 Å². The van der Waals surface area contributed by atoms with Crippen LogP contribution < -0.4 is 0 Å². The summed E-state index contributed by atoms with van der Waals surface area (Å²) in [5.41, 5.74) is 0.495. The Kier molecular flexibility index (Phi) is 5.41. The Balaban J connectivity index is 2.12. The van der Waals surface area contributed by atoms with Crippen LogP contribution in [0.3, 0.4) is 0 Å². The van der Waals surface area contributed by atoms with Crippen LogP contribution in [0.5, 0.6) is 0 Å². The van der Waals surface area contributed by atoms with E-state index in [2.05, 4.69) is 4.98 Å². The molecule has 0 atom stereocenters. The van der Waals surface area contributed by atoms with Gasteiger partial charge in [-0.15, -0.1) is 0 Å². The standard InChI is InChI=1S/C18H15ClFNO3S2/c1-11(2)25-18-17(26(22,23)15-9-5-13(19)6-10-15)21-16(24-18)12-3-7-14(20)8-4-12/h3-11H,1-2H3. The van der Waals surface area contributed by atoms with E-state index in [0.717, 1.165) is 0 Å². The van der Waals surface area contributed by atoms with Gasteiger partial charge in [-0.1, -0.05) is 37.2 Å². The van der Waals surface area contributed by atoms with Crippen molar-refractivity contribution in [3.05, 3.63) is 59.4 Å². The molecule has 0 radical (unpaired) electrons. The zero-order valence-electron chi connectivity index (χ0n) is 13.9. The van der Waals surface area contributed by atoms with Crippen molar-refractivity contribution in [2.24, 2.45) is 0 Å². The first kappa shape index (κ1) is 18.9. The molecule has 136 valence electrons.